The van der Waals surface area contributed by atoms with Gasteiger partial charge in [0.1, 0.15) is 5.69 Å². The molecular formula is C22H28N2O2S. The maximum absolute atomic E-state index is 12.3. The second-order valence-corrected chi connectivity index (χ2v) is 9.92. The number of aromatic nitrogens is 2. The van der Waals surface area contributed by atoms with E-state index in [1.54, 1.807) is 44.3 Å². The molecule has 1 aliphatic carbocycles. The minimum Gasteiger partial charge on any atom is -0.256 e. The average Bonchev–Trinajstić information content (AvgIpc) is 2.68. The predicted octanol–water partition coefficient (Wildman–Crippen LogP) is 4.81. The van der Waals surface area contributed by atoms with Crippen molar-refractivity contribution >= 4 is 9.84 Å². The first-order chi connectivity index (χ1) is 12.9. The van der Waals surface area contributed by atoms with Crippen LogP contribution in [0.1, 0.15) is 58.8 Å². The molecule has 1 fully saturated rings. The molecule has 0 radical (unpaired) electrons. The molecule has 1 saturated carbocycles. The number of aryl methyl sites for hydroxylation is 1. The third-order valence-electron chi connectivity index (χ3n) is 5.05. The summed E-state index contributed by atoms with van der Waals surface area (Å²) in [6.07, 6.45) is 7.89. The van der Waals surface area contributed by atoms with Gasteiger partial charge < -0.3 is 0 Å². The summed E-state index contributed by atoms with van der Waals surface area (Å²) in [5.41, 5.74) is 3.07. The van der Waals surface area contributed by atoms with Gasteiger partial charge >= 0.3 is 0 Å². The molecule has 0 saturated heterocycles. The molecular weight excluding hydrogens is 356 g/mol. The molecule has 3 rings (SSSR count). The molecule has 0 unspecified atom stereocenters. The smallest absolute Gasteiger partial charge is 0.180 e. The molecule has 0 spiro atoms. The van der Waals surface area contributed by atoms with Gasteiger partial charge in [-0.1, -0.05) is 37.3 Å². The van der Waals surface area contributed by atoms with Crippen LogP contribution in [0, 0.1) is 24.7 Å². The monoisotopic (exact) mass is 384 g/mol. The van der Waals surface area contributed by atoms with Gasteiger partial charge in [0.2, 0.25) is 0 Å². The lowest BCUT2D eigenvalue weighted by molar-refractivity contribution is 0.430. The summed E-state index contributed by atoms with van der Waals surface area (Å²) < 4.78 is 24.5. The normalized spacial score (nSPS) is 15.4. The van der Waals surface area contributed by atoms with Crippen molar-refractivity contribution in [1.29, 1.82) is 0 Å². The minimum atomic E-state index is -3.27. The highest BCUT2D eigenvalue weighted by Gasteiger charge is 2.19. The van der Waals surface area contributed by atoms with E-state index in [1.807, 2.05) is 6.92 Å². The first kappa shape index (κ1) is 19.6. The minimum absolute atomic E-state index is 0. The standard InChI is InChI=1S/C22H26N2O2S.H2/c1-16(2)27(25,26)20-12-10-19(11-13-20)22-15-23-17(3)21(24-22)14-9-18-7-5-4-6-8-18;/h10-13,15-16,18H,4-8H2,1-3H3;1H. The Morgan fingerprint density at radius 1 is 1.11 bits per heavy atom. The Hall–Kier alpha value is -2.19. The number of benzene rings is 1. The number of nitrogens with zero attached hydrogens (tertiary/aromatic N) is 2. The van der Waals surface area contributed by atoms with E-state index in [2.05, 4.69) is 21.8 Å². The van der Waals surface area contributed by atoms with Crippen LogP contribution >= 0.6 is 0 Å². The largest absolute Gasteiger partial charge is 0.256 e. The van der Waals surface area contributed by atoms with Crippen LogP contribution in [0.3, 0.4) is 0 Å². The summed E-state index contributed by atoms with van der Waals surface area (Å²) >= 11 is 0. The van der Waals surface area contributed by atoms with Crippen LogP contribution in [-0.2, 0) is 9.84 Å². The third-order valence-corrected chi connectivity index (χ3v) is 7.22. The van der Waals surface area contributed by atoms with Gasteiger partial charge in [0.15, 0.2) is 9.84 Å². The van der Waals surface area contributed by atoms with Crippen LogP contribution in [0.5, 0.6) is 0 Å². The summed E-state index contributed by atoms with van der Waals surface area (Å²) in [5.74, 6) is 7.05. The van der Waals surface area contributed by atoms with E-state index in [-0.39, 0.29) is 1.43 Å². The van der Waals surface area contributed by atoms with Crippen LogP contribution in [0.2, 0.25) is 0 Å². The van der Waals surface area contributed by atoms with Crippen molar-refractivity contribution in [3.05, 3.63) is 41.9 Å². The van der Waals surface area contributed by atoms with Crippen molar-refractivity contribution in [2.75, 3.05) is 0 Å². The Morgan fingerprint density at radius 2 is 1.78 bits per heavy atom. The second-order valence-electron chi connectivity index (χ2n) is 7.41. The molecule has 4 nitrogen and oxygen atoms in total. The zero-order valence-corrected chi connectivity index (χ0v) is 17.0. The van der Waals surface area contributed by atoms with Crippen LogP contribution < -0.4 is 0 Å². The highest BCUT2D eigenvalue weighted by Crippen LogP contribution is 2.24. The molecule has 0 atom stereocenters. The fraction of sp³-hybridized carbons (Fsp3) is 0.455. The maximum Gasteiger partial charge on any atom is 0.180 e. The highest BCUT2D eigenvalue weighted by molar-refractivity contribution is 7.92. The predicted molar refractivity (Wildman–Crippen MR) is 110 cm³/mol. The SMILES string of the molecule is Cc1ncc(-c2ccc(S(=O)(=O)C(C)C)cc2)nc1C#CC1CCCCC1.[HH]. The molecule has 0 N–H and O–H groups in total. The first-order valence-electron chi connectivity index (χ1n) is 9.57. The molecule has 0 amide bonds. The lowest BCUT2D eigenvalue weighted by Crippen LogP contribution is -2.13. The Morgan fingerprint density at radius 3 is 2.41 bits per heavy atom. The van der Waals surface area contributed by atoms with Crippen molar-refractivity contribution in [2.45, 2.75) is 63.0 Å². The van der Waals surface area contributed by atoms with Crippen LogP contribution in [0.15, 0.2) is 35.4 Å². The number of rotatable bonds is 3. The zero-order chi connectivity index (χ0) is 19.4. The summed E-state index contributed by atoms with van der Waals surface area (Å²) in [7, 11) is -3.27. The Balaban J connectivity index is 0.00000280. The Bertz CT molecular complexity index is 968. The quantitative estimate of drug-likeness (QED) is 0.712. The summed E-state index contributed by atoms with van der Waals surface area (Å²) in [6, 6.07) is 6.85. The van der Waals surface area contributed by atoms with Gasteiger partial charge in [-0.2, -0.15) is 0 Å². The molecule has 0 aliphatic heterocycles. The van der Waals surface area contributed by atoms with Crippen LogP contribution in [0.25, 0.3) is 11.3 Å². The summed E-state index contributed by atoms with van der Waals surface area (Å²) in [4.78, 5) is 9.44. The van der Waals surface area contributed by atoms with Gasteiger partial charge in [0, 0.05) is 12.9 Å². The van der Waals surface area contributed by atoms with Crippen molar-refractivity contribution < 1.29 is 9.84 Å². The van der Waals surface area contributed by atoms with E-state index < -0.39 is 15.1 Å². The number of hydrogen-bond donors (Lipinski definition) is 0. The van der Waals surface area contributed by atoms with Crippen LogP contribution in [0.4, 0.5) is 0 Å². The molecule has 1 aliphatic rings. The molecule has 5 heteroatoms. The molecule has 0 bridgehead atoms. The third kappa shape index (κ3) is 4.56. The Kier molecular flexibility index (Phi) is 5.96. The maximum atomic E-state index is 12.3. The number of hydrogen-bond acceptors (Lipinski definition) is 4. The Labute approximate surface area is 163 Å². The molecule has 144 valence electrons. The lowest BCUT2D eigenvalue weighted by Gasteiger charge is -2.15. The van der Waals surface area contributed by atoms with E-state index in [9.17, 15) is 8.42 Å². The highest BCUT2D eigenvalue weighted by atomic mass is 32.2. The molecule has 1 aromatic carbocycles. The lowest BCUT2D eigenvalue weighted by atomic mass is 9.90. The fourth-order valence-electron chi connectivity index (χ4n) is 3.21. The molecule has 2 aromatic rings. The van der Waals surface area contributed by atoms with E-state index in [1.165, 1.54) is 32.1 Å². The first-order valence-corrected chi connectivity index (χ1v) is 11.1. The van der Waals surface area contributed by atoms with Gasteiger partial charge in [-0.3, -0.25) is 4.98 Å². The average molecular weight is 385 g/mol. The molecule has 1 heterocycles. The van der Waals surface area contributed by atoms with Crippen molar-refractivity contribution in [1.82, 2.24) is 9.97 Å². The van der Waals surface area contributed by atoms with Crippen molar-refractivity contribution in [2.24, 2.45) is 5.92 Å². The summed E-state index contributed by atoms with van der Waals surface area (Å²) in [5, 5.41) is -0.441. The van der Waals surface area contributed by atoms with Crippen molar-refractivity contribution in [3.8, 4) is 23.1 Å². The van der Waals surface area contributed by atoms with E-state index in [0.717, 1.165) is 11.3 Å². The van der Waals surface area contributed by atoms with Gasteiger partial charge in [-0.15, -0.1) is 0 Å². The second kappa shape index (κ2) is 8.22. The van der Waals surface area contributed by atoms with Crippen molar-refractivity contribution in [3.63, 3.8) is 0 Å². The topological polar surface area (TPSA) is 59.9 Å². The zero-order valence-electron chi connectivity index (χ0n) is 16.2. The van der Waals surface area contributed by atoms with Gasteiger partial charge in [0.25, 0.3) is 0 Å². The molecule has 1 aromatic heterocycles. The fourth-order valence-corrected chi connectivity index (χ4v) is 4.27. The van der Waals surface area contributed by atoms with E-state index >= 15 is 0 Å². The van der Waals surface area contributed by atoms with E-state index in [4.69, 9.17) is 0 Å². The van der Waals surface area contributed by atoms with Crippen LogP contribution in [-0.4, -0.2) is 23.6 Å². The van der Waals surface area contributed by atoms with Gasteiger partial charge in [-0.05, 0) is 51.7 Å². The number of sulfone groups is 1. The summed E-state index contributed by atoms with van der Waals surface area (Å²) in [6.45, 7) is 5.29. The van der Waals surface area contributed by atoms with Gasteiger partial charge in [-0.25, -0.2) is 13.4 Å². The van der Waals surface area contributed by atoms with E-state index in [0.29, 0.717) is 22.2 Å². The van der Waals surface area contributed by atoms with Gasteiger partial charge in [0.05, 0.1) is 27.7 Å². The molecule has 27 heavy (non-hydrogen) atoms.